The number of allylic oxidation sites excluding steroid dienone is 2. The fourth-order valence-electron chi connectivity index (χ4n) is 9.13. The van der Waals surface area contributed by atoms with Crippen LogP contribution in [0, 0.1) is 24.8 Å². The van der Waals surface area contributed by atoms with Gasteiger partial charge in [0.2, 0.25) is 0 Å². The molecule has 5 aliphatic rings. The Bertz CT molecular complexity index is 1380. The number of ether oxygens (including phenoxy) is 2. The SMILES string of the molecule is C1CCCCCCCCC1.C=C/C=C\C([NH])CNC.CC.[CH2]N=CC1=C(NC=NC2CCC(C3CCOCC3)CC2)N(c2cccc(CNC)n2)[C@@H]2CC(C)(C)OCC12.[HH].[HH].[HH]. The maximum Gasteiger partial charge on any atom is 0.134 e. The van der Waals surface area contributed by atoms with Crippen molar-refractivity contribution in [3.63, 3.8) is 0 Å². The Morgan fingerprint density at radius 3 is 2.10 bits per heavy atom. The van der Waals surface area contributed by atoms with E-state index in [0.29, 0.717) is 19.2 Å². The molecule has 0 bridgehead atoms. The van der Waals surface area contributed by atoms with Gasteiger partial charge < -0.3 is 30.3 Å². The average Bonchev–Trinajstić information content (AvgIpc) is 3.55. The van der Waals surface area contributed by atoms with Crippen molar-refractivity contribution in [1.82, 2.24) is 26.7 Å². The van der Waals surface area contributed by atoms with Crippen LogP contribution in [0.3, 0.4) is 0 Å². The summed E-state index contributed by atoms with van der Waals surface area (Å²) in [6.07, 6.45) is 32.3. The third kappa shape index (κ3) is 17.9. The standard InChI is InChI=1S/C30H45N6O2.C10H20.C7H13N2.C2H6.3H2/c1-30(2)16-27-26(19-38-30)25(18-32-4)29(36(27)28-7-5-6-24(35-28)17-31-3)34-20-33-23-10-8-21(9-11-23)22-12-14-37-15-13-22;1-2-4-6-8-10-9-7-5-3-1;1-3-4-5-7(8)6-9-2;1-2;;;/h5-7,18,20-23,26-27,31H,4,8-17,19H2,1-3H3,(H,33,34);1-10H2;3-5,7-9H,1,6H2,2H3;1-2H3;3*1H/b;;5-4-;;;;/t21?,23?,26?,27-;;;;;;/m1....../s1. The second kappa shape index (κ2) is 29.4. The molecule has 59 heavy (non-hydrogen) atoms. The molecule has 3 atom stereocenters. The molecule has 3 aliphatic heterocycles. The van der Waals surface area contributed by atoms with E-state index in [1.165, 1.54) is 89.9 Å². The number of aliphatic imine (C=N–C) groups is 2. The van der Waals surface area contributed by atoms with Crippen LogP contribution in [0.5, 0.6) is 0 Å². The third-order valence-corrected chi connectivity index (χ3v) is 12.3. The zero-order valence-electron chi connectivity index (χ0n) is 38.2. The summed E-state index contributed by atoms with van der Waals surface area (Å²) in [5.74, 6) is 3.80. The monoisotopic (exact) mass is 823 g/mol. The van der Waals surface area contributed by atoms with Crippen molar-refractivity contribution in [2.75, 3.05) is 45.4 Å². The molecule has 2 saturated carbocycles. The lowest BCUT2D eigenvalue weighted by atomic mass is 9.75. The van der Waals surface area contributed by atoms with Crippen molar-refractivity contribution in [3.8, 4) is 0 Å². The summed E-state index contributed by atoms with van der Waals surface area (Å²) >= 11 is 0. The molecule has 2 radical (unpaired) electrons. The fourth-order valence-corrected chi connectivity index (χ4v) is 9.13. The molecule has 1 aromatic heterocycles. The van der Waals surface area contributed by atoms with Gasteiger partial charge in [0.1, 0.15) is 11.6 Å². The lowest BCUT2D eigenvalue weighted by Gasteiger charge is -2.41. The summed E-state index contributed by atoms with van der Waals surface area (Å²) in [6.45, 7) is 15.8. The first kappa shape index (κ1) is 50.5. The zero-order chi connectivity index (χ0) is 42.7. The highest BCUT2D eigenvalue weighted by Crippen LogP contribution is 2.43. The van der Waals surface area contributed by atoms with Gasteiger partial charge in [-0.3, -0.25) is 9.98 Å². The smallest absolute Gasteiger partial charge is 0.134 e. The van der Waals surface area contributed by atoms with Gasteiger partial charge in [0, 0.05) is 54.3 Å². The van der Waals surface area contributed by atoms with E-state index >= 15 is 0 Å². The minimum atomic E-state index is -0.207. The molecule has 4 fully saturated rings. The van der Waals surface area contributed by atoms with Gasteiger partial charge in [-0.05, 0) is 96.9 Å². The van der Waals surface area contributed by atoms with E-state index in [1.807, 2.05) is 40.5 Å². The summed E-state index contributed by atoms with van der Waals surface area (Å²) in [7, 11) is 7.55. The molecular weight excluding hydrogens is 733 g/mol. The molecule has 10 heteroatoms. The summed E-state index contributed by atoms with van der Waals surface area (Å²) in [5.41, 5.74) is 9.19. The second-order valence-corrected chi connectivity index (χ2v) is 17.2. The Morgan fingerprint density at radius 2 is 1.54 bits per heavy atom. The Kier molecular flexibility index (Phi) is 25.1. The first-order valence-corrected chi connectivity index (χ1v) is 23.4. The Hall–Kier alpha value is -2.89. The number of anilines is 1. The third-order valence-electron chi connectivity index (χ3n) is 12.3. The van der Waals surface area contributed by atoms with E-state index < -0.39 is 0 Å². The molecular formula is C49H90N8O2. The second-order valence-electron chi connectivity index (χ2n) is 17.2. The fraction of sp³-hybridized carbons (Fsp3) is 0.714. The van der Waals surface area contributed by atoms with E-state index in [2.05, 4.69) is 71.5 Å². The Morgan fingerprint density at radius 1 is 0.932 bits per heavy atom. The van der Waals surface area contributed by atoms with E-state index in [0.717, 1.165) is 73.8 Å². The Labute approximate surface area is 365 Å². The minimum absolute atomic E-state index is 0. The molecule has 338 valence electrons. The van der Waals surface area contributed by atoms with Gasteiger partial charge in [0.05, 0.1) is 43.4 Å². The van der Waals surface area contributed by atoms with Crippen LogP contribution in [-0.2, 0) is 16.0 Å². The zero-order valence-corrected chi connectivity index (χ0v) is 38.2. The largest absolute Gasteiger partial charge is 0.381 e. The number of pyridine rings is 1. The number of likely N-dealkylation sites (N-methyl/N-ethyl adjacent to an activating group) is 1. The molecule has 0 spiro atoms. The van der Waals surface area contributed by atoms with E-state index in [9.17, 15) is 0 Å². The van der Waals surface area contributed by atoms with Crippen molar-refractivity contribution < 1.29 is 13.8 Å². The number of hydrogen-bond acceptors (Lipinski definition) is 8. The number of nitrogens with one attached hydrogen (secondary N) is 4. The van der Waals surface area contributed by atoms with E-state index in [1.54, 1.807) is 18.2 Å². The van der Waals surface area contributed by atoms with Crippen LogP contribution >= 0.6 is 0 Å². The summed E-state index contributed by atoms with van der Waals surface area (Å²) in [4.78, 5) is 16.5. The number of aromatic nitrogens is 1. The van der Waals surface area contributed by atoms with Gasteiger partial charge in [0.15, 0.2) is 0 Å². The quantitative estimate of drug-likeness (QED) is 0.109. The van der Waals surface area contributed by atoms with Gasteiger partial charge in [0.25, 0.3) is 0 Å². The molecule has 2 unspecified atom stereocenters. The van der Waals surface area contributed by atoms with Crippen LogP contribution in [0.15, 0.2) is 64.4 Å². The van der Waals surface area contributed by atoms with Gasteiger partial charge in [-0.2, -0.15) is 0 Å². The highest BCUT2D eigenvalue weighted by Gasteiger charge is 2.47. The van der Waals surface area contributed by atoms with Crippen LogP contribution in [0.4, 0.5) is 5.82 Å². The molecule has 4 heterocycles. The topological polar surface area (TPSA) is 119 Å². The molecule has 0 amide bonds. The first-order valence-electron chi connectivity index (χ1n) is 23.4. The average molecular weight is 823 g/mol. The number of nitrogens with zero attached hydrogens (tertiary/aromatic N) is 4. The lowest BCUT2D eigenvalue weighted by molar-refractivity contribution is -0.0736. The van der Waals surface area contributed by atoms with Crippen molar-refractivity contribution in [3.05, 3.63) is 67.1 Å². The van der Waals surface area contributed by atoms with E-state index in [4.69, 9.17) is 25.2 Å². The first-order chi connectivity index (χ1) is 28.8. The van der Waals surface area contributed by atoms with E-state index in [-0.39, 0.29) is 27.9 Å². The molecule has 2 aliphatic carbocycles. The highest BCUT2D eigenvalue weighted by atomic mass is 16.5. The number of rotatable bonds is 12. The molecule has 2 saturated heterocycles. The van der Waals surface area contributed by atoms with Crippen LogP contribution in [0.1, 0.15) is 147 Å². The minimum Gasteiger partial charge on any atom is -0.381 e. The number of fused-ring (bicyclic) bond motifs is 1. The van der Waals surface area contributed by atoms with Gasteiger partial charge in [-0.15, -0.1) is 0 Å². The molecule has 10 nitrogen and oxygen atoms in total. The normalized spacial score (nSPS) is 25.9. The summed E-state index contributed by atoms with van der Waals surface area (Å²) < 4.78 is 11.8. The lowest BCUT2D eigenvalue weighted by Crippen LogP contribution is -2.49. The van der Waals surface area contributed by atoms with Gasteiger partial charge in [-0.25, -0.2) is 10.7 Å². The molecule has 6 rings (SSSR count). The van der Waals surface area contributed by atoms with Crippen LogP contribution in [0.2, 0.25) is 0 Å². The van der Waals surface area contributed by atoms with Crippen LogP contribution in [-0.4, -0.2) is 81.7 Å². The predicted octanol–water partition coefficient (Wildman–Crippen LogP) is 10.7. The molecule has 1 aromatic rings. The van der Waals surface area contributed by atoms with Crippen LogP contribution < -0.4 is 26.6 Å². The summed E-state index contributed by atoms with van der Waals surface area (Å²) in [5, 5.41) is 9.71. The molecule has 0 aromatic carbocycles. The van der Waals surface area contributed by atoms with Crippen molar-refractivity contribution in [2.24, 2.45) is 27.7 Å². The highest BCUT2D eigenvalue weighted by molar-refractivity contribution is 5.85. The van der Waals surface area contributed by atoms with Crippen LogP contribution in [0.25, 0.3) is 0 Å². The number of hydrogen-bond donors (Lipinski definition) is 3. The predicted molar refractivity (Wildman–Crippen MR) is 257 cm³/mol. The maximum atomic E-state index is 7.28. The maximum absolute atomic E-state index is 7.28. The van der Waals surface area contributed by atoms with Gasteiger partial charge in [-0.1, -0.05) is 109 Å². The van der Waals surface area contributed by atoms with Crippen molar-refractivity contribution in [1.29, 1.82) is 0 Å². The van der Waals surface area contributed by atoms with Crippen molar-refractivity contribution >= 4 is 18.4 Å². The molecule has 4 N–H and O–H groups in total. The Balaban J connectivity index is 0.00000129. The van der Waals surface area contributed by atoms with Gasteiger partial charge >= 0.3 is 0 Å². The summed E-state index contributed by atoms with van der Waals surface area (Å²) in [6, 6.07) is 6.70. The van der Waals surface area contributed by atoms with Crippen molar-refractivity contribution in [2.45, 2.75) is 167 Å².